The molecule has 3 rings (SSSR count). The van der Waals surface area contributed by atoms with Gasteiger partial charge in [0.25, 0.3) is 0 Å². The smallest absolute Gasteiger partial charge is 0.248 e. The first-order valence-electron chi connectivity index (χ1n) is 6.71. The van der Waals surface area contributed by atoms with E-state index in [0.717, 1.165) is 40.7 Å². The van der Waals surface area contributed by atoms with Crippen molar-refractivity contribution in [1.82, 2.24) is 15.0 Å². The van der Waals surface area contributed by atoms with Gasteiger partial charge in [0.05, 0.1) is 5.39 Å². The molecule has 0 atom stereocenters. The van der Waals surface area contributed by atoms with Crippen molar-refractivity contribution in [3.8, 4) is 0 Å². The predicted molar refractivity (Wildman–Crippen MR) is 82.1 cm³/mol. The van der Waals surface area contributed by atoms with Gasteiger partial charge in [-0.15, -0.1) is 0 Å². The summed E-state index contributed by atoms with van der Waals surface area (Å²) in [6.45, 7) is 1.34. The van der Waals surface area contributed by atoms with Crippen LogP contribution in [0.4, 0.5) is 5.82 Å². The first-order valence-corrected chi connectivity index (χ1v) is 6.71. The second-order valence-electron chi connectivity index (χ2n) is 4.76. The number of anilines is 1. The fraction of sp³-hybridized carbons (Fsp3) is 0.214. The summed E-state index contributed by atoms with van der Waals surface area (Å²) in [4.78, 5) is 23.1. The molecule has 0 saturated carbocycles. The zero-order valence-corrected chi connectivity index (χ0v) is 11.4. The Bertz CT molecular complexity index is 810. The molecular weight excluding hydrogens is 268 g/mol. The van der Waals surface area contributed by atoms with Crippen molar-refractivity contribution in [2.75, 3.05) is 18.4 Å². The molecule has 0 aliphatic rings. The molecule has 0 aliphatic carbocycles. The van der Waals surface area contributed by atoms with Crippen molar-refractivity contribution in [3.63, 3.8) is 0 Å². The van der Waals surface area contributed by atoms with Crippen molar-refractivity contribution < 1.29 is 4.79 Å². The average Bonchev–Trinajstić information content (AvgIpc) is 2.85. The molecule has 0 aliphatic heterocycles. The van der Waals surface area contributed by atoms with Gasteiger partial charge in [-0.1, -0.05) is 0 Å². The Hall–Kier alpha value is -2.67. The van der Waals surface area contributed by atoms with Gasteiger partial charge in [0.2, 0.25) is 5.91 Å². The zero-order chi connectivity index (χ0) is 14.8. The number of rotatable bonds is 5. The number of nitrogens with two attached hydrogens (primary N) is 2. The number of hydrogen-bond acceptors (Lipinski definition) is 5. The maximum atomic E-state index is 11.3. The maximum absolute atomic E-state index is 11.3. The number of nitrogens with one attached hydrogen (secondary N) is 2. The number of carbonyl (C=O) groups is 1. The number of carbonyl (C=O) groups excluding carboxylic acids is 1. The van der Waals surface area contributed by atoms with E-state index < -0.39 is 5.91 Å². The van der Waals surface area contributed by atoms with Gasteiger partial charge in [-0.05, 0) is 31.2 Å². The topological polar surface area (TPSA) is 123 Å². The standard InChI is InChI=1S/C14H16N6O/c15-4-1-5-17-13-11-9-6-8(12(16)21)2-3-10(9)20-14(11)19-7-18-13/h2-3,6-7H,1,4-5,15H2,(H2,16,21)(H2,17,18,19,20). The van der Waals surface area contributed by atoms with E-state index in [2.05, 4.69) is 20.3 Å². The molecule has 2 aromatic heterocycles. The van der Waals surface area contributed by atoms with E-state index in [1.54, 1.807) is 12.1 Å². The van der Waals surface area contributed by atoms with Crippen molar-refractivity contribution in [3.05, 3.63) is 30.1 Å². The lowest BCUT2D eigenvalue weighted by atomic mass is 10.1. The number of primary amides is 1. The number of benzene rings is 1. The number of aromatic amines is 1. The molecule has 1 aromatic carbocycles. The lowest BCUT2D eigenvalue weighted by Gasteiger charge is -2.05. The van der Waals surface area contributed by atoms with E-state index in [1.807, 2.05) is 6.07 Å². The Kier molecular flexibility index (Phi) is 3.41. The highest BCUT2D eigenvalue weighted by atomic mass is 16.1. The number of aromatic nitrogens is 3. The molecule has 0 unspecified atom stereocenters. The second kappa shape index (κ2) is 5.37. The third-order valence-electron chi connectivity index (χ3n) is 3.35. The summed E-state index contributed by atoms with van der Waals surface area (Å²) in [6.07, 6.45) is 2.35. The molecule has 1 amide bonds. The van der Waals surface area contributed by atoms with Gasteiger partial charge in [-0.25, -0.2) is 9.97 Å². The Balaban J connectivity index is 2.17. The van der Waals surface area contributed by atoms with Crippen molar-refractivity contribution in [2.24, 2.45) is 11.5 Å². The van der Waals surface area contributed by atoms with Crippen molar-refractivity contribution >= 4 is 33.7 Å². The van der Waals surface area contributed by atoms with E-state index in [0.29, 0.717) is 12.1 Å². The minimum atomic E-state index is -0.458. The molecule has 108 valence electrons. The van der Waals surface area contributed by atoms with Crippen LogP contribution in [-0.2, 0) is 0 Å². The van der Waals surface area contributed by atoms with Gasteiger partial charge in [0.1, 0.15) is 17.8 Å². The van der Waals surface area contributed by atoms with Crippen LogP contribution in [0.5, 0.6) is 0 Å². The molecule has 0 spiro atoms. The largest absolute Gasteiger partial charge is 0.369 e. The molecule has 3 aromatic rings. The minimum absolute atomic E-state index is 0.458. The lowest BCUT2D eigenvalue weighted by Crippen LogP contribution is -2.10. The van der Waals surface area contributed by atoms with E-state index in [4.69, 9.17) is 11.5 Å². The van der Waals surface area contributed by atoms with Crippen molar-refractivity contribution in [1.29, 1.82) is 0 Å². The number of fused-ring (bicyclic) bond motifs is 3. The fourth-order valence-corrected chi connectivity index (χ4v) is 2.32. The zero-order valence-electron chi connectivity index (χ0n) is 11.4. The van der Waals surface area contributed by atoms with Crippen LogP contribution in [0, 0.1) is 0 Å². The molecule has 0 fully saturated rings. The van der Waals surface area contributed by atoms with Crippen LogP contribution >= 0.6 is 0 Å². The summed E-state index contributed by atoms with van der Waals surface area (Å²) >= 11 is 0. The third kappa shape index (κ3) is 2.38. The van der Waals surface area contributed by atoms with Crippen LogP contribution in [-0.4, -0.2) is 33.9 Å². The van der Waals surface area contributed by atoms with Crippen LogP contribution < -0.4 is 16.8 Å². The van der Waals surface area contributed by atoms with Gasteiger partial charge in [-0.3, -0.25) is 4.79 Å². The van der Waals surface area contributed by atoms with Gasteiger partial charge in [0, 0.05) is 23.0 Å². The molecule has 21 heavy (non-hydrogen) atoms. The highest BCUT2D eigenvalue weighted by Gasteiger charge is 2.12. The monoisotopic (exact) mass is 284 g/mol. The van der Waals surface area contributed by atoms with Crippen LogP contribution in [0.15, 0.2) is 24.5 Å². The number of nitrogens with zero attached hydrogens (tertiary/aromatic N) is 2. The maximum Gasteiger partial charge on any atom is 0.248 e. The van der Waals surface area contributed by atoms with Gasteiger partial charge < -0.3 is 21.8 Å². The Morgan fingerprint density at radius 3 is 2.95 bits per heavy atom. The number of amides is 1. The average molecular weight is 284 g/mol. The van der Waals surface area contributed by atoms with Gasteiger partial charge in [-0.2, -0.15) is 0 Å². The van der Waals surface area contributed by atoms with Gasteiger partial charge in [0.15, 0.2) is 0 Å². The summed E-state index contributed by atoms with van der Waals surface area (Å²) in [7, 11) is 0. The lowest BCUT2D eigenvalue weighted by molar-refractivity contribution is 0.100. The molecular formula is C14H16N6O. The predicted octanol–water partition coefficient (Wildman–Crippen LogP) is 0.971. The van der Waals surface area contributed by atoms with Crippen LogP contribution in [0.1, 0.15) is 16.8 Å². The third-order valence-corrected chi connectivity index (χ3v) is 3.35. The first kappa shape index (κ1) is 13.3. The highest BCUT2D eigenvalue weighted by molar-refractivity contribution is 6.12. The molecule has 7 nitrogen and oxygen atoms in total. The minimum Gasteiger partial charge on any atom is -0.369 e. The molecule has 0 saturated heterocycles. The fourth-order valence-electron chi connectivity index (χ4n) is 2.32. The van der Waals surface area contributed by atoms with E-state index in [1.165, 1.54) is 6.33 Å². The van der Waals surface area contributed by atoms with E-state index in [9.17, 15) is 4.79 Å². The second-order valence-corrected chi connectivity index (χ2v) is 4.76. The van der Waals surface area contributed by atoms with E-state index in [-0.39, 0.29) is 0 Å². The first-order chi connectivity index (χ1) is 10.2. The molecule has 6 N–H and O–H groups in total. The number of H-pyrrole nitrogens is 1. The number of hydrogen-bond donors (Lipinski definition) is 4. The quantitative estimate of drug-likeness (QED) is 0.520. The summed E-state index contributed by atoms with van der Waals surface area (Å²) in [5.74, 6) is 0.266. The van der Waals surface area contributed by atoms with E-state index >= 15 is 0 Å². The summed E-state index contributed by atoms with van der Waals surface area (Å²) < 4.78 is 0. The van der Waals surface area contributed by atoms with Crippen LogP contribution in [0.25, 0.3) is 21.9 Å². The summed E-state index contributed by atoms with van der Waals surface area (Å²) in [6, 6.07) is 5.27. The van der Waals surface area contributed by atoms with Gasteiger partial charge >= 0.3 is 0 Å². The Morgan fingerprint density at radius 2 is 2.19 bits per heavy atom. The Labute approximate surface area is 120 Å². The van der Waals surface area contributed by atoms with Crippen molar-refractivity contribution in [2.45, 2.75) is 6.42 Å². The Morgan fingerprint density at radius 1 is 1.33 bits per heavy atom. The highest BCUT2D eigenvalue weighted by Crippen LogP contribution is 2.29. The molecule has 7 heteroatoms. The van der Waals surface area contributed by atoms with Crippen LogP contribution in [0.2, 0.25) is 0 Å². The normalized spacial score (nSPS) is 11.1. The molecule has 2 heterocycles. The van der Waals surface area contributed by atoms with Crippen LogP contribution in [0.3, 0.4) is 0 Å². The SMILES string of the molecule is NCCCNc1ncnc2[nH]c3ccc(C(N)=O)cc3c12. The molecule has 0 radical (unpaired) electrons. The summed E-state index contributed by atoms with van der Waals surface area (Å²) in [5, 5.41) is 4.97. The summed E-state index contributed by atoms with van der Waals surface area (Å²) in [5.41, 5.74) is 12.9. The molecule has 0 bridgehead atoms.